The van der Waals surface area contributed by atoms with Crippen molar-refractivity contribution in [3.63, 3.8) is 0 Å². The van der Waals surface area contributed by atoms with Crippen LogP contribution in [0, 0.1) is 0 Å². The molecule has 1 atom stereocenters. The first-order chi connectivity index (χ1) is 7.50. The first-order valence-electron chi connectivity index (χ1n) is 5.11. The van der Waals surface area contributed by atoms with E-state index in [-0.39, 0.29) is 5.91 Å². The average Bonchev–Trinajstić information content (AvgIpc) is 2.26. The number of hydrogen-bond donors (Lipinski definition) is 1. The van der Waals surface area contributed by atoms with Crippen LogP contribution in [0.2, 0.25) is 0 Å². The highest BCUT2D eigenvalue weighted by Gasteiger charge is 2.05. The van der Waals surface area contributed by atoms with Gasteiger partial charge in [0.25, 0.3) is 0 Å². The predicted molar refractivity (Wildman–Crippen MR) is 66.5 cm³/mol. The molecule has 1 aromatic carbocycles. The molecular weight excluding hydrogens is 222 g/mol. The van der Waals surface area contributed by atoms with Crippen LogP contribution < -0.4 is 0 Å². The molecule has 0 heterocycles. The van der Waals surface area contributed by atoms with E-state index in [1.54, 1.807) is 25.9 Å². The molecule has 0 fully saturated rings. The van der Waals surface area contributed by atoms with E-state index in [1.165, 1.54) is 11.8 Å². The first kappa shape index (κ1) is 13.1. The number of benzene rings is 1. The molecule has 1 N–H and O–H groups in total. The van der Waals surface area contributed by atoms with Crippen LogP contribution in [0.15, 0.2) is 29.2 Å². The van der Waals surface area contributed by atoms with Crippen LogP contribution in [-0.4, -0.2) is 35.8 Å². The number of hydrogen-bond acceptors (Lipinski definition) is 3. The molecule has 0 aliphatic rings. The Balaban J connectivity index is 2.53. The standard InChI is InChI=1S/C12H17NO2S/c1-9(14)10-4-6-11(7-5-10)16-8-12(15)13(2)3/h4-7,9,14H,8H2,1-3H3/t9-/m0/s1. The van der Waals surface area contributed by atoms with Gasteiger partial charge in [0.05, 0.1) is 11.9 Å². The number of aliphatic hydroxyl groups excluding tert-OH is 1. The van der Waals surface area contributed by atoms with E-state index in [0.717, 1.165) is 10.5 Å². The molecular formula is C12H17NO2S. The fourth-order valence-electron chi connectivity index (χ4n) is 1.12. The monoisotopic (exact) mass is 239 g/mol. The van der Waals surface area contributed by atoms with Crippen molar-refractivity contribution in [2.75, 3.05) is 19.8 Å². The van der Waals surface area contributed by atoms with Gasteiger partial charge in [-0.25, -0.2) is 0 Å². The van der Waals surface area contributed by atoms with E-state index < -0.39 is 6.10 Å². The third-order valence-electron chi connectivity index (χ3n) is 2.22. The fourth-order valence-corrected chi connectivity index (χ4v) is 1.99. The van der Waals surface area contributed by atoms with Gasteiger partial charge in [0, 0.05) is 19.0 Å². The van der Waals surface area contributed by atoms with E-state index in [1.807, 2.05) is 24.3 Å². The Morgan fingerprint density at radius 1 is 1.38 bits per heavy atom. The number of aliphatic hydroxyl groups is 1. The number of rotatable bonds is 4. The van der Waals surface area contributed by atoms with Crippen LogP contribution in [0.25, 0.3) is 0 Å². The Kier molecular flexibility index (Phi) is 4.83. The summed E-state index contributed by atoms with van der Waals surface area (Å²) in [6.07, 6.45) is -0.442. The Morgan fingerprint density at radius 2 is 1.94 bits per heavy atom. The quantitative estimate of drug-likeness (QED) is 0.816. The maximum Gasteiger partial charge on any atom is 0.232 e. The highest BCUT2D eigenvalue weighted by Crippen LogP contribution is 2.21. The van der Waals surface area contributed by atoms with Crippen molar-refractivity contribution in [1.29, 1.82) is 0 Å². The van der Waals surface area contributed by atoms with Crippen LogP contribution in [0.5, 0.6) is 0 Å². The van der Waals surface area contributed by atoms with Gasteiger partial charge in [-0.1, -0.05) is 12.1 Å². The van der Waals surface area contributed by atoms with Crippen molar-refractivity contribution in [1.82, 2.24) is 4.90 Å². The summed E-state index contributed by atoms with van der Waals surface area (Å²) in [7, 11) is 3.50. The number of amides is 1. The van der Waals surface area contributed by atoms with Crippen molar-refractivity contribution < 1.29 is 9.90 Å². The first-order valence-corrected chi connectivity index (χ1v) is 6.10. The summed E-state index contributed by atoms with van der Waals surface area (Å²) >= 11 is 1.50. The van der Waals surface area contributed by atoms with Gasteiger partial charge >= 0.3 is 0 Å². The molecule has 0 aliphatic heterocycles. The molecule has 16 heavy (non-hydrogen) atoms. The zero-order chi connectivity index (χ0) is 12.1. The second-order valence-corrected chi connectivity index (χ2v) is 4.87. The zero-order valence-corrected chi connectivity index (χ0v) is 10.6. The van der Waals surface area contributed by atoms with E-state index >= 15 is 0 Å². The van der Waals surface area contributed by atoms with E-state index in [0.29, 0.717) is 5.75 Å². The fraction of sp³-hybridized carbons (Fsp3) is 0.417. The summed E-state index contributed by atoms with van der Waals surface area (Å²) in [6, 6.07) is 7.62. The molecule has 4 heteroatoms. The normalized spacial score (nSPS) is 12.2. The van der Waals surface area contributed by atoms with Gasteiger partial charge in [-0.2, -0.15) is 0 Å². The maximum atomic E-state index is 11.4. The molecule has 0 aromatic heterocycles. The Labute approximate surface area is 100 Å². The summed E-state index contributed by atoms with van der Waals surface area (Å²) in [4.78, 5) is 14.0. The van der Waals surface area contributed by atoms with Gasteiger partial charge in [-0.15, -0.1) is 11.8 Å². The second kappa shape index (κ2) is 5.92. The third-order valence-corrected chi connectivity index (χ3v) is 3.22. The van der Waals surface area contributed by atoms with Crippen molar-refractivity contribution in [3.05, 3.63) is 29.8 Å². The molecule has 1 amide bonds. The van der Waals surface area contributed by atoms with E-state index in [2.05, 4.69) is 0 Å². The van der Waals surface area contributed by atoms with Crippen molar-refractivity contribution in [3.8, 4) is 0 Å². The molecule has 0 spiro atoms. The maximum absolute atomic E-state index is 11.4. The number of thioether (sulfide) groups is 1. The highest BCUT2D eigenvalue weighted by atomic mass is 32.2. The predicted octanol–water partition coefficient (Wildman–Crippen LogP) is 1.92. The molecule has 1 rings (SSSR count). The van der Waals surface area contributed by atoms with Crippen LogP contribution in [0.1, 0.15) is 18.6 Å². The van der Waals surface area contributed by atoms with Crippen LogP contribution in [0.3, 0.4) is 0 Å². The lowest BCUT2D eigenvalue weighted by atomic mass is 10.1. The summed E-state index contributed by atoms with van der Waals surface area (Å²) < 4.78 is 0. The van der Waals surface area contributed by atoms with Crippen molar-refractivity contribution in [2.24, 2.45) is 0 Å². The lowest BCUT2D eigenvalue weighted by Crippen LogP contribution is -2.23. The molecule has 0 aliphatic carbocycles. The molecule has 0 saturated heterocycles. The molecule has 0 radical (unpaired) electrons. The molecule has 0 bridgehead atoms. The lowest BCUT2D eigenvalue weighted by Gasteiger charge is -2.10. The van der Waals surface area contributed by atoms with Crippen LogP contribution in [-0.2, 0) is 4.79 Å². The molecule has 0 unspecified atom stereocenters. The summed E-state index contributed by atoms with van der Waals surface area (Å²) in [6.45, 7) is 1.73. The SMILES string of the molecule is C[C@H](O)c1ccc(SCC(=O)N(C)C)cc1. The van der Waals surface area contributed by atoms with Crippen LogP contribution >= 0.6 is 11.8 Å². The van der Waals surface area contributed by atoms with Crippen molar-refractivity contribution >= 4 is 17.7 Å². The van der Waals surface area contributed by atoms with Gasteiger partial charge in [-0.3, -0.25) is 4.79 Å². The molecule has 0 saturated carbocycles. The Morgan fingerprint density at radius 3 is 2.38 bits per heavy atom. The van der Waals surface area contributed by atoms with E-state index in [4.69, 9.17) is 0 Å². The van der Waals surface area contributed by atoms with Gasteiger partial charge in [0.15, 0.2) is 0 Å². The van der Waals surface area contributed by atoms with E-state index in [9.17, 15) is 9.90 Å². The smallest absolute Gasteiger partial charge is 0.232 e. The minimum Gasteiger partial charge on any atom is -0.389 e. The minimum absolute atomic E-state index is 0.101. The number of carbonyl (C=O) groups is 1. The zero-order valence-electron chi connectivity index (χ0n) is 9.80. The number of carbonyl (C=O) groups excluding carboxylic acids is 1. The largest absolute Gasteiger partial charge is 0.389 e. The second-order valence-electron chi connectivity index (χ2n) is 3.82. The summed E-state index contributed by atoms with van der Waals surface area (Å²) in [5, 5.41) is 9.34. The summed E-state index contributed by atoms with van der Waals surface area (Å²) in [5.74, 6) is 0.547. The van der Waals surface area contributed by atoms with Gasteiger partial charge in [0.2, 0.25) is 5.91 Å². The topological polar surface area (TPSA) is 40.5 Å². The van der Waals surface area contributed by atoms with Crippen molar-refractivity contribution in [2.45, 2.75) is 17.9 Å². The Bertz CT molecular complexity index is 347. The molecule has 3 nitrogen and oxygen atoms in total. The summed E-state index contributed by atoms with van der Waals surface area (Å²) in [5.41, 5.74) is 0.892. The number of nitrogens with zero attached hydrogens (tertiary/aromatic N) is 1. The van der Waals surface area contributed by atoms with Gasteiger partial charge in [0.1, 0.15) is 0 Å². The van der Waals surface area contributed by atoms with Crippen LogP contribution in [0.4, 0.5) is 0 Å². The molecule has 88 valence electrons. The minimum atomic E-state index is -0.442. The average molecular weight is 239 g/mol. The van der Waals surface area contributed by atoms with Gasteiger partial charge in [-0.05, 0) is 24.6 Å². The highest BCUT2D eigenvalue weighted by molar-refractivity contribution is 8.00. The molecule has 1 aromatic rings. The lowest BCUT2D eigenvalue weighted by molar-refractivity contribution is -0.125. The Hall–Kier alpha value is -1.00. The third kappa shape index (κ3) is 3.87. The van der Waals surface area contributed by atoms with Gasteiger partial charge < -0.3 is 10.0 Å².